The largest absolute Gasteiger partial charge is 0.321 e. The smallest absolute Gasteiger partial charge is 0.267 e. The third-order valence-electron chi connectivity index (χ3n) is 3.92. The number of thiophene rings is 1. The molecule has 1 amide bonds. The SMILES string of the molecule is Cc1nc2ccc(NC(=O)c3sccc3NS(=O)(=O)c3ccccc3)cc2s1. The molecule has 9 heteroatoms. The van der Waals surface area contributed by atoms with E-state index >= 15 is 0 Å². The number of aryl methyl sites for hydroxylation is 1. The van der Waals surface area contributed by atoms with Gasteiger partial charge in [-0.3, -0.25) is 9.52 Å². The number of hydrogen-bond acceptors (Lipinski definition) is 6. The van der Waals surface area contributed by atoms with Crippen LogP contribution in [0.4, 0.5) is 11.4 Å². The van der Waals surface area contributed by atoms with Crippen molar-refractivity contribution in [1.29, 1.82) is 0 Å². The van der Waals surface area contributed by atoms with Crippen LogP contribution in [0.3, 0.4) is 0 Å². The summed E-state index contributed by atoms with van der Waals surface area (Å²) in [6.45, 7) is 1.93. The summed E-state index contributed by atoms with van der Waals surface area (Å²) >= 11 is 2.72. The van der Waals surface area contributed by atoms with E-state index in [1.54, 1.807) is 47.0 Å². The van der Waals surface area contributed by atoms with Crippen LogP contribution < -0.4 is 10.0 Å². The highest BCUT2D eigenvalue weighted by atomic mass is 32.2. The lowest BCUT2D eigenvalue weighted by molar-refractivity contribution is 0.103. The van der Waals surface area contributed by atoms with Gasteiger partial charge in [0.05, 0.1) is 25.8 Å². The summed E-state index contributed by atoms with van der Waals surface area (Å²) < 4.78 is 28.6. The molecule has 2 heterocycles. The van der Waals surface area contributed by atoms with Crippen LogP contribution in [0.15, 0.2) is 64.9 Å². The van der Waals surface area contributed by atoms with E-state index in [0.29, 0.717) is 10.6 Å². The van der Waals surface area contributed by atoms with Crippen molar-refractivity contribution in [2.75, 3.05) is 10.0 Å². The predicted octanol–water partition coefficient (Wildman–Crippen LogP) is 4.72. The Bertz CT molecular complexity index is 1260. The molecule has 0 aliphatic carbocycles. The number of nitrogens with one attached hydrogen (secondary N) is 2. The van der Waals surface area contributed by atoms with Crippen molar-refractivity contribution in [3.05, 3.63) is 69.9 Å². The van der Waals surface area contributed by atoms with Crippen molar-refractivity contribution in [2.45, 2.75) is 11.8 Å². The minimum atomic E-state index is -3.77. The number of carbonyl (C=O) groups excluding carboxylic acids is 1. The molecular formula is C19H15N3O3S3. The Kier molecular flexibility index (Phi) is 4.88. The quantitative estimate of drug-likeness (QED) is 0.480. The molecule has 6 nitrogen and oxygen atoms in total. The van der Waals surface area contributed by atoms with Crippen LogP contribution in [0.25, 0.3) is 10.2 Å². The number of anilines is 2. The van der Waals surface area contributed by atoms with E-state index in [0.717, 1.165) is 15.2 Å². The second-order valence-corrected chi connectivity index (χ2v) is 9.78. The van der Waals surface area contributed by atoms with Gasteiger partial charge >= 0.3 is 0 Å². The molecule has 0 unspecified atom stereocenters. The fraction of sp³-hybridized carbons (Fsp3) is 0.0526. The zero-order valence-corrected chi connectivity index (χ0v) is 17.1. The van der Waals surface area contributed by atoms with Gasteiger partial charge in [0.25, 0.3) is 15.9 Å². The lowest BCUT2D eigenvalue weighted by atomic mass is 10.3. The lowest BCUT2D eigenvalue weighted by Crippen LogP contribution is -2.17. The van der Waals surface area contributed by atoms with E-state index in [4.69, 9.17) is 0 Å². The van der Waals surface area contributed by atoms with Crippen LogP contribution >= 0.6 is 22.7 Å². The van der Waals surface area contributed by atoms with E-state index in [1.165, 1.54) is 23.5 Å². The third-order valence-corrected chi connectivity index (χ3v) is 7.15. The van der Waals surface area contributed by atoms with Crippen molar-refractivity contribution in [1.82, 2.24) is 4.98 Å². The minimum Gasteiger partial charge on any atom is -0.321 e. The number of amides is 1. The predicted molar refractivity (Wildman–Crippen MR) is 114 cm³/mol. The second-order valence-electron chi connectivity index (χ2n) is 5.95. The summed E-state index contributed by atoms with van der Waals surface area (Å²) in [4.78, 5) is 17.5. The molecule has 0 radical (unpaired) electrons. The molecular weight excluding hydrogens is 414 g/mol. The third kappa shape index (κ3) is 3.77. The van der Waals surface area contributed by atoms with E-state index in [1.807, 2.05) is 19.1 Å². The second kappa shape index (κ2) is 7.34. The Balaban J connectivity index is 1.56. The lowest BCUT2D eigenvalue weighted by Gasteiger charge is -2.09. The molecule has 2 aromatic carbocycles. The average Bonchev–Trinajstić information content (AvgIpc) is 3.27. The van der Waals surface area contributed by atoms with Gasteiger partial charge in [-0.25, -0.2) is 13.4 Å². The Labute approximate surface area is 169 Å². The molecule has 4 aromatic rings. The van der Waals surface area contributed by atoms with Gasteiger partial charge in [-0.1, -0.05) is 18.2 Å². The highest BCUT2D eigenvalue weighted by Crippen LogP contribution is 2.28. The summed E-state index contributed by atoms with van der Waals surface area (Å²) in [6.07, 6.45) is 0. The van der Waals surface area contributed by atoms with Gasteiger partial charge in [0.1, 0.15) is 4.88 Å². The molecule has 0 spiro atoms. The maximum absolute atomic E-state index is 12.7. The summed E-state index contributed by atoms with van der Waals surface area (Å²) in [6, 6.07) is 15.1. The molecule has 0 saturated carbocycles. The molecule has 2 N–H and O–H groups in total. The Morgan fingerprint density at radius 1 is 1.07 bits per heavy atom. The minimum absolute atomic E-state index is 0.138. The summed E-state index contributed by atoms with van der Waals surface area (Å²) in [5.41, 5.74) is 1.76. The molecule has 0 atom stereocenters. The monoisotopic (exact) mass is 429 g/mol. The van der Waals surface area contributed by atoms with E-state index < -0.39 is 10.0 Å². The van der Waals surface area contributed by atoms with Gasteiger partial charge in [-0.05, 0) is 48.7 Å². The van der Waals surface area contributed by atoms with Gasteiger partial charge < -0.3 is 5.32 Å². The fourth-order valence-electron chi connectivity index (χ4n) is 2.67. The summed E-state index contributed by atoms with van der Waals surface area (Å²) in [5.74, 6) is -0.374. The van der Waals surface area contributed by atoms with E-state index in [-0.39, 0.29) is 16.5 Å². The van der Waals surface area contributed by atoms with Gasteiger partial charge in [0, 0.05) is 5.69 Å². The normalized spacial score (nSPS) is 11.5. The Morgan fingerprint density at radius 2 is 1.86 bits per heavy atom. The zero-order valence-electron chi connectivity index (χ0n) is 14.7. The first-order valence-electron chi connectivity index (χ1n) is 8.26. The molecule has 0 bridgehead atoms. The summed E-state index contributed by atoms with van der Waals surface area (Å²) in [7, 11) is -3.77. The number of thiazole rings is 1. The van der Waals surface area contributed by atoms with E-state index in [9.17, 15) is 13.2 Å². The first-order valence-corrected chi connectivity index (χ1v) is 11.4. The molecule has 0 saturated heterocycles. The number of hydrogen-bond donors (Lipinski definition) is 2. The number of benzene rings is 2. The van der Waals surface area contributed by atoms with Gasteiger partial charge in [0.2, 0.25) is 0 Å². The molecule has 28 heavy (non-hydrogen) atoms. The molecule has 4 rings (SSSR count). The number of aromatic nitrogens is 1. The first-order chi connectivity index (χ1) is 13.4. The number of rotatable bonds is 5. The fourth-order valence-corrected chi connectivity index (χ4v) is 5.44. The van der Waals surface area contributed by atoms with Crippen LogP contribution in [-0.2, 0) is 10.0 Å². The number of fused-ring (bicyclic) bond motifs is 1. The Hall–Kier alpha value is -2.75. The van der Waals surface area contributed by atoms with Crippen molar-refractivity contribution in [3.8, 4) is 0 Å². The van der Waals surface area contributed by atoms with E-state index in [2.05, 4.69) is 15.0 Å². The van der Waals surface area contributed by atoms with Crippen LogP contribution in [0.5, 0.6) is 0 Å². The van der Waals surface area contributed by atoms with Crippen molar-refractivity contribution in [2.24, 2.45) is 0 Å². The van der Waals surface area contributed by atoms with Crippen LogP contribution in [0.1, 0.15) is 14.7 Å². The molecule has 0 aliphatic rings. The Morgan fingerprint density at radius 3 is 2.64 bits per heavy atom. The topological polar surface area (TPSA) is 88.2 Å². The molecule has 142 valence electrons. The highest BCUT2D eigenvalue weighted by molar-refractivity contribution is 7.92. The standard InChI is InChI=1S/C19H15N3O3S3/c1-12-20-15-8-7-13(11-17(15)27-12)21-19(23)18-16(9-10-26-18)22-28(24,25)14-5-3-2-4-6-14/h2-11,22H,1H3,(H,21,23). The van der Waals surface area contributed by atoms with Crippen LogP contribution in [0.2, 0.25) is 0 Å². The van der Waals surface area contributed by atoms with Gasteiger partial charge in [-0.15, -0.1) is 22.7 Å². The molecule has 2 aromatic heterocycles. The van der Waals surface area contributed by atoms with Crippen LogP contribution in [-0.4, -0.2) is 19.3 Å². The van der Waals surface area contributed by atoms with Crippen LogP contribution in [0, 0.1) is 6.92 Å². The zero-order chi connectivity index (χ0) is 19.7. The van der Waals surface area contributed by atoms with Gasteiger partial charge in [-0.2, -0.15) is 0 Å². The molecule has 0 fully saturated rings. The number of sulfonamides is 1. The maximum atomic E-state index is 12.7. The first kappa shape index (κ1) is 18.6. The average molecular weight is 430 g/mol. The maximum Gasteiger partial charge on any atom is 0.267 e. The summed E-state index contributed by atoms with van der Waals surface area (Å²) in [5, 5.41) is 5.45. The van der Waals surface area contributed by atoms with Crippen molar-refractivity contribution >= 4 is 60.2 Å². The highest BCUT2D eigenvalue weighted by Gasteiger charge is 2.20. The molecule has 0 aliphatic heterocycles. The number of carbonyl (C=O) groups is 1. The van der Waals surface area contributed by atoms with Crippen molar-refractivity contribution in [3.63, 3.8) is 0 Å². The van der Waals surface area contributed by atoms with Gasteiger partial charge in [0.15, 0.2) is 0 Å². The number of nitrogens with zero attached hydrogens (tertiary/aromatic N) is 1. The van der Waals surface area contributed by atoms with Crippen molar-refractivity contribution < 1.29 is 13.2 Å².